The molecule has 1 rings (SSSR count). The van der Waals surface area contributed by atoms with Crippen LogP contribution in [0.25, 0.3) is 0 Å². The van der Waals surface area contributed by atoms with Gasteiger partial charge in [-0.2, -0.15) is 13.2 Å². The number of halogens is 4. The molecule has 104 valence electrons. The normalized spacial score (nSPS) is 12.9. The van der Waals surface area contributed by atoms with Crippen molar-refractivity contribution in [3.8, 4) is 0 Å². The lowest BCUT2D eigenvalue weighted by Crippen LogP contribution is -2.42. The molecule has 0 bridgehead atoms. The Morgan fingerprint density at radius 3 is 2.26 bits per heavy atom. The van der Waals surface area contributed by atoms with E-state index in [1.54, 1.807) is 0 Å². The zero-order valence-electron chi connectivity index (χ0n) is 10.2. The first-order chi connectivity index (χ1) is 8.64. The van der Waals surface area contributed by atoms with E-state index in [9.17, 15) is 27.2 Å². The number of likely N-dealkylation sites (N-methyl/N-ethyl adjacent to an activating group) is 1. The lowest BCUT2D eigenvalue weighted by molar-refractivity contribution is -0.186. The Kier molecular flexibility index (Phi) is 4.28. The van der Waals surface area contributed by atoms with Crippen molar-refractivity contribution in [1.82, 2.24) is 4.90 Å². The zero-order chi connectivity index (χ0) is 14.8. The number of carbonyl (C=O) groups excluding carboxylic acids is 2. The molecule has 1 atom stereocenters. The number of ketones is 1. The van der Waals surface area contributed by atoms with Crippen molar-refractivity contribution in [2.45, 2.75) is 19.1 Å². The quantitative estimate of drug-likeness (QED) is 0.796. The summed E-state index contributed by atoms with van der Waals surface area (Å²) in [5.74, 6) is -3.54. The Morgan fingerprint density at radius 2 is 1.84 bits per heavy atom. The van der Waals surface area contributed by atoms with E-state index in [0.29, 0.717) is 0 Å². The van der Waals surface area contributed by atoms with Gasteiger partial charge in [-0.05, 0) is 24.6 Å². The molecule has 1 unspecified atom stereocenters. The Balaban J connectivity index is 3.16. The van der Waals surface area contributed by atoms with Crippen molar-refractivity contribution < 1.29 is 27.2 Å². The van der Waals surface area contributed by atoms with Crippen LogP contribution in [0.15, 0.2) is 24.3 Å². The number of hydrogen-bond donors (Lipinski definition) is 0. The van der Waals surface area contributed by atoms with Gasteiger partial charge in [-0.15, -0.1) is 0 Å². The number of alkyl halides is 3. The number of Topliss-reactive ketones (excluding diaryl/α,β-unsaturated/α-hetero) is 1. The molecule has 0 saturated heterocycles. The second-order valence-electron chi connectivity index (χ2n) is 3.98. The zero-order valence-corrected chi connectivity index (χ0v) is 10.2. The second-order valence-corrected chi connectivity index (χ2v) is 3.98. The van der Waals surface area contributed by atoms with Gasteiger partial charge >= 0.3 is 12.1 Å². The van der Waals surface area contributed by atoms with E-state index in [2.05, 4.69) is 0 Å². The summed E-state index contributed by atoms with van der Waals surface area (Å²) in [4.78, 5) is 22.8. The molecule has 0 saturated carbocycles. The topological polar surface area (TPSA) is 37.4 Å². The van der Waals surface area contributed by atoms with Gasteiger partial charge in [-0.1, -0.05) is 12.1 Å². The van der Waals surface area contributed by atoms with Crippen molar-refractivity contribution in [3.05, 3.63) is 35.6 Å². The molecule has 1 aromatic carbocycles. The van der Waals surface area contributed by atoms with Crippen molar-refractivity contribution in [2.75, 3.05) is 7.05 Å². The van der Waals surface area contributed by atoms with E-state index in [0.717, 1.165) is 26.1 Å². The number of rotatable bonds is 3. The first-order valence-corrected chi connectivity index (χ1v) is 5.24. The standard InChI is InChI=1S/C12H11F4NO2/c1-7(18)10(8-4-3-5-9(13)6-8)17(2)11(19)12(14,15)16/h3-6,10H,1-2H3. The van der Waals surface area contributed by atoms with Gasteiger partial charge in [0.2, 0.25) is 0 Å². The number of hydrogen-bond acceptors (Lipinski definition) is 2. The smallest absolute Gasteiger partial charge is 0.324 e. The molecule has 3 nitrogen and oxygen atoms in total. The predicted octanol–water partition coefficient (Wildman–Crippen LogP) is 2.48. The minimum Gasteiger partial charge on any atom is -0.324 e. The molecule has 1 amide bonds. The summed E-state index contributed by atoms with van der Waals surface area (Å²) in [6.07, 6.45) is -5.09. The van der Waals surface area contributed by atoms with Gasteiger partial charge in [-0.25, -0.2) is 4.39 Å². The van der Waals surface area contributed by atoms with E-state index in [4.69, 9.17) is 0 Å². The third kappa shape index (κ3) is 3.52. The highest BCUT2D eigenvalue weighted by Crippen LogP contribution is 2.26. The maximum Gasteiger partial charge on any atom is 0.471 e. The molecule has 0 N–H and O–H groups in total. The van der Waals surface area contributed by atoms with E-state index < -0.39 is 29.7 Å². The first-order valence-electron chi connectivity index (χ1n) is 5.24. The monoisotopic (exact) mass is 277 g/mol. The van der Waals surface area contributed by atoms with Crippen molar-refractivity contribution in [2.24, 2.45) is 0 Å². The molecule has 0 aromatic heterocycles. The van der Waals surface area contributed by atoms with Crippen LogP contribution in [0.2, 0.25) is 0 Å². The average Bonchev–Trinajstić information content (AvgIpc) is 2.26. The van der Waals surface area contributed by atoms with Gasteiger partial charge in [0.05, 0.1) is 0 Å². The fourth-order valence-corrected chi connectivity index (χ4v) is 1.72. The largest absolute Gasteiger partial charge is 0.471 e. The van der Waals surface area contributed by atoms with Gasteiger partial charge in [-0.3, -0.25) is 9.59 Å². The molecule has 0 heterocycles. The average molecular weight is 277 g/mol. The molecule has 0 aliphatic carbocycles. The van der Waals surface area contributed by atoms with E-state index in [-0.39, 0.29) is 10.5 Å². The summed E-state index contributed by atoms with van der Waals surface area (Å²) in [7, 11) is 0.854. The molecule has 0 aliphatic heterocycles. The Hall–Kier alpha value is -1.92. The number of carbonyl (C=O) groups is 2. The summed E-state index contributed by atoms with van der Waals surface area (Å²) < 4.78 is 50.1. The number of nitrogens with zero attached hydrogens (tertiary/aromatic N) is 1. The van der Waals surface area contributed by atoms with Crippen LogP contribution in [0, 0.1) is 5.82 Å². The summed E-state index contributed by atoms with van der Waals surface area (Å²) >= 11 is 0. The Bertz CT molecular complexity index is 499. The maximum absolute atomic E-state index is 13.1. The fourth-order valence-electron chi connectivity index (χ4n) is 1.72. The highest BCUT2D eigenvalue weighted by molar-refractivity contribution is 5.90. The van der Waals surface area contributed by atoms with Crippen LogP contribution in [-0.4, -0.2) is 29.8 Å². The second kappa shape index (κ2) is 5.38. The van der Waals surface area contributed by atoms with Crippen molar-refractivity contribution >= 4 is 11.7 Å². The highest BCUT2D eigenvalue weighted by Gasteiger charge is 2.44. The van der Waals surface area contributed by atoms with Crippen LogP contribution in [0.5, 0.6) is 0 Å². The lowest BCUT2D eigenvalue weighted by Gasteiger charge is -2.27. The predicted molar refractivity (Wildman–Crippen MR) is 58.6 cm³/mol. The first kappa shape index (κ1) is 15.1. The maximum atomic E-state index is 13.1. The van der Waals surface area contributed by atoms with Gasteiger partial charge in [0.15, 0.2) is 5.78 Å². The molecular weight excluding hydrogens is 266 g/mol. The third-order valence-electron chi connectivity index (χ3n) is 2.50. The molecule has 19 heavy (non-hydrogen) atoms. The Labute approximate surface area is 106 Å². The highest BCUT2D eigenvalue weighted by atomic mass is 19.4. The minimum atomic E-state index is -5.09. The van der Waals surface area contributed by atoms with Gasteiger partial charge in [0.25, 0.3) is 0 Å². The van der Waals surface area contributed by atoms with Crippen LogP contribution in [0.3, 0.4) is 0 Å². The van der Waals surface area contributed by atoms with E-state index >= 15 is 0 Å². The summed E-state index contributed by atoms with van der Waals surface area (Å²) in [5, 5.41) is 0. The lowest BCUT2D eigenvalue weighted by atomic mass is 10.0. The van der Waals surface area contributed by atoms with E-state index in [1.807, 2.05) is 0 Å². The van der Waals surface area contributed by atoms with Crippen LogP contribution in [-0.2, 0) is 9.59 Å². The molecule has 0 radical (unpaired) electrons. The van der Waals surface area contributed by atoms with Crippen molar-refractivity contribution in [1.29, 1.82) is 0 Å². The molecule has 0 aliphatic rings. The SMILES string of the molecule is CC(=O)C(c1cccc(F)c1)N(C)C(=O)C(F)(F)F. The fraction of sp³-hybridized carbons (Fsp3) is 0.333. The van der Waals surface area contributed by atoms with Crippen LogP contribution < -0.4 is 0 Å². The molecule has 1 aromatic rings. The molecule has 7 heteroatoms. The van der Waals surface area contributed by atoms with Gasteiger partial charge < -0.3 is 4.90 Å². The number of amides is 1. The van der Waals surface area contributed by atoms with Crippen LogP contribution >= 0.6 is 0 Å². The number of benzene rings is 1. The van der Waals surface area contributed by atoms with E-state index in [1.165, 1.54) is 12.1 Å². The molecule has 0 spiro atoms. The van der Waals surface area contributed by atoms with Crippen molar-refractivity contribution in [3.63, 3.8) is 0 Å². The van der Waals surface area contributed by atoms with Crippen LogP contribution in [0.4, 0.5) is 17.6 Å². The summed E-state index contributed by atoms with van der Waals surface area (Å²) in [6.45, 7) is 1.04. The van der Waals surface area contributed by atoms with Gasteiger partial charge in [0, 0.05) is 7.05 Å². The summed E-state index contributed by atoms with van der Waals surface area (Å²) in [5.41, 5.74) is -0.00685. The minimum absolute atomic E-state index is 0.00685. The Morgan fingerprint density at radius 1 is 1.26 bits per heavy atom. The van der Waals surface area contributed by atoms with Gasteiger partial charge in [0.1, 0.15) is 11.9 Å². The van der Waals surface area contributed by atoms with Crippen LogP contribution in [0.1, 0.15) is 18.5 Å². The molecular formula is C12H11F4NO2. The summed E-state index contributed by atoms with van der Waals surface area (Å²) in [6, 6.07) is 3.09. The third-order valence-corrected chi connectivity index (χ3v) is 2.50. The molecule has 0 fully saturated rings.